The summed E-state index contributed by atoms with van der Waals surface area (Å²) in [7, 11) is 0. The maximum atomic E-state index is 3.66. The molecule has 106 valence electrons. The molecular formula is C12H2Br8. The third kappa shape index (κ3) is 3.52. The minimum atomic E-state index is 0.949. The molecule has 0 aliphatic carbocycles. The molecule has 0 unspecified atom stereocenters. The summed E-state index contributed by atoms with van der Waals surface area (Å²) in [6, 6.07) is 4.06. The number of rotatable bonds is 1. The van der Waals surface area contributed by atoms with Gasteiger partial charge in [-0.1, -0.05) is 15.9 Å². The lowest BCUT2D eigenvalue weighted by Gasteiger charge is -2.16. The summed E-state index contributed by atoms with van der Waals surface area (Å²) in [5.41, 5.74) is 2.10. The van der Waals surface area contributed by atoms with E-state index in [1.54, 1.807) is 0 Å². The molecule has 0 amide bonds. The van der Waals surface area contributed by atoms with Gasteiger partial charge in [0, 0.05) is 46.9 Å². The molecule has 0 saturated carbocycles. The van der Waals surface area contributed by atoms with E-state index in [2.05, 4.69) is 134 Å². The number of hydrogen-bond donors (Lipinski definition) is 0. The molecule has 0 saturated heterocycles. The van der Waals surface area contributed by atoms with Crippen molar-refractivity contribution in [2.75, 3.05) is 0 Å². The third-order valence-corrected chi connectivity index (χ3v) is 11.0. The van der Waals surface area contributed by atoms with Gasteiger partial charge in [-0.3, -0.25) is 0 Å². The minimum absolute atomic E-state index is 0.949. The van der Waals surface area contributed by atoms with Crippen LogP contribution in [0.5, 0.6) is 0 Å². The first-order valence-electron chi connectivity index (χ1n) is 4.92. The Morgan fingerprint density at radius 2 is 0.950 bits per heavy atom. The molecule has 0 aliphatic rings. The summed E-state index contributed by atoms with van der Waals surface area (Å²) in [5, 5.41) is 0. The first kappa shape index (κ1) is 18.6. The molecule has 0 radical (unpaired) electrons. The predicted molar refractivity (Wildman–Crippen MR) is 113 cm³/mol. The summed E-state index contributed by atoms with van der Waals surface area (Å²) in [6.07, 6.45) is 0. The maximum Gasteiger partial charge on any atom is 0.0482 e. The van der Waals surface area contributed by atoms with Gasteiger partial charge in [0.25, 0.3) is 0 Å². The van der Waals surface area contributed by atoms with Gasteiger partial charge in [-0.25, -0.2) is 0 Å². The summed E-state index contributed by atoms with van der Waals surface area (Å²) >= 11 is 28.8. The summed E-state index contributed by atoms with van der Waals surface area (Å²) < 4.78 is 7.74. The van der Waals surface area contributed by atoms with Crippen molar-refractivity contribution in [3.8, 4) is 11.1 Å². The largest absolute Gasteiger partial charge is 0.0508 e. The van der Waals surface area contributed by atoms with Crippen molar-refractivity contribution in [2.24, 2.45) is 0 Å². The summed E-state index contributed by atoms with van der Waals surface area (Å²) in [4.78, 5) is 0. The average Bonchev–Trinajstić information content (AvgIpc) is 2.39. The van der Waals surface area contributed by atoms with Gasteiger partial charge < -0.3 is 0 Å². The second kappa shape index (κ2) is 7.45. The van der Waals surface area contributed by atoms with Crippen molar-refractivity contribution in [2.45, 2.75) is 0 Å². The normalized spacial score (nSPS) is 11.0. The molecule has 2 rings (SSSR count). The molecule has 20 heavy (non-hydrogen) atoms. The van der Waals surface area contributed by atoms with Gasteiger partial charge in [-0.2, -0.15) is 0 Å². The van der Waals surface area contributed by atoms with Gasteiger partial charge in [0.1, 0.15) is 0 Å². The second-order valence-corrected chi connectivity index (χ2v) is 10.2. The Bertz CT molecular complexity index is 678. The molecule has 2 aromatic carbocycles. The Morgan fingerprint density at radius 1 is 0.500 bits per heavy atom. The Balaban J connectivity index is 2.91. The first-order chi connectivity index (χ1) is 9.25. The molecule has 0 spiro atoms. The Hall–Kier alpha value is 2.28. The van der Waals surface area contributed by atoms with Crippen molar-refractivity contribution in [3.05, 3.63) is 47.9 Å². The van der Waals surface area contributed by atoms with Crippen LogP contribution in [0.3, 0.4) is 0 Å². The van der Waals surface area contributed by atoms with Crippen LogP contribution in [0, 0.1) is 0 Å². The number of benzene rings is 2. The summed E-state index contributed by atoms with van der Waals surface area (Å²) in [5.74, 6) is 0. The van der Waals surface area contributed by atoms with E-state index in [4.69, 9.17) is 0 Å². The van der Waals surface area contributed by atoms with Gasteiger partial charge in [0.2, 0.25) is 0 Å². The summed E-state index contributed by atoms with van der Waals surface area (Å²) in [6.45, 7) is 0. The lowest BCUT2D eigenvalue weighted by atomic mass is 10.1. The van der Waals surface area contributed by atoms with Gasteiger partial charge >= 0.3 is 0 Å². The fourth-order valence-corrected chi connectivity index (χ4v) is 6.71. The van der Waals surface area contributed by atoms with Crippen LogP contribution in [-0.4, -0.2) is 0 Å². The fraction of sp³-hybridized carbons (Fsp3) is 0. The topological polar surface area (TPSA) is 0 Å². The lowest BCUT2D eigenvalue weighted by Crippen LogP contribution is -1.90. The molecule has 0 bridgehead atoms. The molecule has 0 aliphatic heterocycles. The van der Waals surface area contributed by atoms with E-state index in [1.807, 2.05) is 6.07 Å². The Labute approximate surface area is 183 Å². The van der Waals surface area contributed by atoms with E-state index in [9.17, 15) is 0 Å². The van der Waals surface area contributed by atoms with Crippen molar-refractivity contribution >= 4 is 127 Å². The molecular weight excluding hydrogens is 783 g/mol. The highest BCUT2D eigenvalue weighted by atomic mass is 79.9. The minimum Gasteiger partial charge on any atom is -0.0508 e. The molecule has 2 aromatic rings. The van der Waals surface area contributed by atoms with Gasteiger partial charge in [-0.05, 0) is 124 Å². The molecule has 0 fully saturated rings. The monoisotopic (exact) mass is 777 g/mol. The maximum absolute atomic E-state index is 3.66. The van der Waals surface area contributed by atoms with Gasteiger partial charge in [0.15, 0.2) is 0 Å². The van der Waals surface area contributed by atoms with Crippen LogP contribution in [0.25, 0.3) is 11.1 Å². The van der Waals surface area contributed by atoms with E-state index in [0.29, 0.717) is 0 Å². The first-order valence-corrected chi connectivity index (χ1v) is 11.3. The van der Waals surface area contributed by atoms with E-state index in [-0.39, 0.29) is 0 Å². The van der Waals surface area contributed by atoms with Gasteiger partial charge in [-0.15, -0.1) is 0 Å². The van der Waals surface area contributed by atoms with Crippen molar-refractivity contribution in [3.63, 3.8) is 0 Å². The van der Waals surface area contributed by atoms with E-state index < -0.39 is 0 Å². The zero-order valence-corrected chi connectivity index (χ0v) is 21.9. The fourth-order valence-electron chi connectivity index (χ4n) is 1.58. The number of halogens is 8. The predicted octanol–water partition coefficient (Wildman–Crippen LogP) is 9.45. The highest BCUT2D eigenvalue weighted by molar-refractivity contribution is 9.16. The van der Waals surface area contributed by atoms with Crippen LogP contribution in [0.2, 0.25) is 0 Å². The third-order valence-electron chi connectivity index (χ3n) is 2.47. The highest BCUT2D eigenvalue weighted by Crippen LogP contribution is 2.51. The van der Waals surface area contributed by atoms with Crippen LogP contribution in [0.4, 0.5) is 0 Å². The van der Waals surface area contributed by atoms with Crippen LogP contribution < -0.4 is 0 Å². The van der Waals surface area contributed by atoms with Crippen molar-refractivity contribution in [1.29, 1.82) is 0 Å². The highest BCUT2D eigenvalue weighted by Gasteiger charge is 2.21. The number of hydrogen-bond acceptors (Lipinski definition) is 0. The van der Waals surface area contributed by atoms with Gasteiger partial charge in [0.05, 0.1) is 0 Å². The molecule has 8 heteroatoms. The molecule has 0 N–H and O–H groups in total. The average molecular weight is 785 g/mol. The molecule has 0 atom stereocenters. The van der Waals surface area contributed by atoms with Crippen LogP contribution in [0.15, 0.2) is 47.9 Å². The zero-order chi connectivity index (χ0) is 15.2. The molecule has 0 aromatic heterocycles. The molecule has 0 nitrogen and oxygen atoms in total. The lowest BCUT2D eigenvalue weighted by molar-refractivity contribution is 1.42. The molecule has 0 heterocycles. The van der Waals surface area contributed by atoms with E-state index in [0.717, 1.165) is 46.9 Å². The SMILES string of the molecule is Brc1cc(Br)c(Br)c(-c2c(Br)c(Br)c(Br)c(Br)c2Br)c1. The standard InChI is InChI=1S/C12H2Br8/c13-3-1-4(7(15)5(14)2-3)6-8(16)10(18)12(20)11(19)9(6)17/h1-2H. The quantitative estimate of drug-likeness (QED) is 0.200. The van der Waals surface area contributed by atoms with Crippen LogP contribution in [0.1, 0.15) is 0 Å². The van der Waals surface area contributed by atoms with E-state index in [1.165, 1.54) is 0 Å². The van der Waals surface area contributed by atoms with Crippen molar-refractivity contribution in [1.82, 2.24) is 0 Å². The van der Waals surface area contributed by atoms with Crippen LogP contribution >= 0.6 is 127 Å². The Morgan fingerprint density at radius 3 is 1.45 bits per heavy atom. The Kier molecular flexibility index (Phi) is 6.93. The van der Waals surface area contributed by atoms with E-state index >= 15 is 0 Å². The second-order valence-electron chi connectivity index (χ2n) is 3.69. The van der Waals surface area contributed by atoms with Crippen LogP contribution in [-0.2, 0) is 0 Å². The zero-order valence-electron chi connectivity index (χ0n) is 9.18. The van der Waals surface area contributed by atoms with Crippen molar-refractivity contribution < 1.29 is 0 Å². The smallest absolute Gasteiger partial charge is 0.0482 e.